The molecule has 0 aliphatic rings. The average Bonchev–Trinajstić information content (AvgIpc) is 1.68. The Morgan fingerprint density at radius 2 is 2.00 bits per heavy atom. The Morgan fingerprint density at radius 1 is 1.57 bits per heavy atom. The van der Waals surface area contributed by atoms with Crippen molar-refractivity contribution in [3.8, 4) is 0 Å². The van der Waals surface area contributed by atoms with Gasteiger partial charge in [0.1, 0.15) is 6.16 Å². The third kappa shape index (κ3) is 2.92. The molecule has 0 bridgehead atoms. The zero-order chi connectivity index (χ0) is 5.91. The van der Waals surface area contributed by atoms with Gasteiger partial charge in [-0.05, 0) is 6.92 Å². The predicted octanol–water partition coefficient (Wildman–Crippen LogP) is 0.765. The van der Waals surface area contributed by atoms with Gasteiger partial charge in [0.25, 0.3) is 7.72 Å². The summed E-state index contributed by atoms with van der Waals surface area (Å²) >= 11 is 0. The van der Waals surface area contributed by atoms with E-state index >= 15 is 0 Å². The fourth-order valence-electron chi connectivity index (χ4n) is 0.0845. The molecule has 7 heavy (non-hydrogen) atoms. The van der Waals surface area contributed by atoms with Gasteiger partial charge in [-0.15, -0.1) is 0 Å². The van der Waals surface area contributed by atoms with Gasteiger partial charge in [0, 0.05) is 0 Å². The van der Waals surface area contributed by atoms with E-state index < -0.39 is 14.1 Å². The fourth-order valence-corrected chi connectivity index (χ4v) is 0.254. The molecule has 0 aliphatic carbocycles. The quantitative estimate of drug-likeness (QED) is 0.538. The van der Waals surface area contributed by atoms with Crippen LogP contribution in [0.1, 0.15) is 6.92 Å². The number of halogens is 1. The summed E-state index contributed by atoms with van der Waals surface area (Å²) in [6.07, 6.45) is -0.840. The topological polar surface area (TPSA) is 40.5 Å². The molecular weight excluding hydrogens is 118 g/mol. The van der Waals surface area contributed by atoms with E-state index in [2.05, 4.69) is 0 Å². The molecule has 0 fully saturated rings. The molecule has 2 N–H and O–H groups in total. The standard InChI is InChI=1S/C3H9FO2P/c1-2-7(5,6)3-4/h5-6H,2-3H2,1H3/q+1. The Labute approximate surface area is 42.5 Å². The van der Waals surface area contributed by atoms with Crippen LogP contribution in [0.4, 0.5) is 4.39 Å². The van der Waals surface area contributed by atoms with Crippen molar-refractivity contribution in [1.29, 1.82) is 0 Å². The highest BCUT2D eigenvalue weighted by Gasteiger charge is 2.29. The first-order valence-electron chi connectivity index (χ1n) is 2.01. The minimum Gasteiger partial charge on any atom is -0.218 e. The number of hydrogen-bond acceptors (Lipinski definition) is 2. The lowest BCUT2D eigenvalue weighted by molar-refractivity contribution is 0.413. The molecule has 4 heteroatoms. The van der Waals surface area contributed by atoms with Gasteiger partial charge in [-0.2, -0.15) is 0 Å². The smallest absolute Gasteiger partial charge is 0.218 e. The molecule has 0 rings (SSSR count). The zero-order valence-electron chi connectivity index (χ0n) is 4.13. The maximum atomic E-state index is 11.3. The van der Waals surface area contributed by atoms with E-state index in [9.17, 15) is 4.39 Å². The molecule has 0 heterocycles. The summed E-state index contributed by atoms with van der Waals surface area (Å²) in [4.78, 5) is 16.8. The fraction of sp³-hybridized carbons (Fsp3) is 1.00. The number of hydrogen-bond donors (Lipinski definition) is 2. The lowest BCUT2D eigenvalue weighted by Crippen LogP contribution is -1.93. The Balaban J connectivity index is 3.36. The first-order chi connectivity index (χ1) is 3.12. The number of rotatable bonds is 2. The largest absolute Gasteiger partial charge is 0.297 e. The van der Waals surface area contributed by atoms with Crippen LogP contribution in [0.3, 0.4) is 0 Å². The van der Waals surface area contributed by atoms with Crippen LogP contribution >= 0.6 is 7.72 Å². The molecule has 0 radical (unpaired) electrons. The molecule has 0 spiro atoms. The second-order valence-corrected chi connectivity index (χ2v) is 3.94. The Bertz CT molecular complexity index is 50.9. The monoisotopic (exact) mass is 127 g/mol. The van der Waals surface area contributed by atoms with Crippen LogP contribution in [0.2, 0.25) is 0 Å². The first kappa shape index (κ1) is 7.28. The molecule has 0 aliphatic heterocycles. The van der Waals surface area contributed by atoms with Crippen LogP contribution in [-0.2, 0) is 0 Å². The van der Waals surface area contributed by atoms with Crippen molar-refractivity contribution in [2.24, 2.45) is 0 Å². The highest BCUT2D eigenvalue weighted by Crippen LogP contribution is 2.48. The van der Waals surface area contributed by atoms with Gasteiger partial charge in [-0.1, -0.05) is 0 Å². The van der Waals surface area contributed by atoms with Gasteiger partial charge in [-0.3, -0.25) is 0 Å². The van der Waals surface area contributed by atoms with Crippen molar-refractivity contribution >= 4 is 7.72 Å². The summed E-state index contributed by atoms with van der Waals surface area (Å²) < 4.78 is 11.3. The molecule has 44 valence electrons. The SMILES string of the molecule is CC[P+](O)(O)CF. The highest BCUT2D eigenvalue weighted by atomic mass is 31.2. The second kappa shape index (κ2) is 2.55. The lowest BCUT2D eigenvalue weighted by atomic mass is 11.0. The summed E-state index contributed by atoms with van der Waals surface area (Å²) in [7, 11) is -3.07. The van der Waals surface area contributed by atoms with Gasteiger partial charge in [0.05, 0.1) is 0 Å². The van der Waals surface area contributed by atoms with Gasteiger partial charge >= 0.3 is 0 Å². The Hall–Kier alpha value is 0.280. The van der Waals surface area contributed by atoms with Crippen molar-refractivity contribution in [3.63, 3.8) is 0 Å². The van der Waals surface area contributed by atoms with E-state index in [4.69, 9.17) is 9.79 Å². The van der Waals surface area contributed by atoms with E-state index in [1.54, 1.807) is 6.92 Å². The molecule has 0 unspecified atom stereocenters. The second-order valence-electron chi connectivity index (χ2n) is 1.31. The molecule has 0 saturated carbocycles. The molecule has 0 aromatic carbocycles. The Kier molecular flexibility index (Phi) is 2.66. The average molecular weight is 127 g/mol. The van der Waals surface area contributed by atoms with Crippen molar-refractivity contribution in [2.45, 2.75) is 6.92 Å². The minimum atomic E-state index is -3.07. The molecular formula is C3H9FO2P+. The molecule has 0 amide bonds. The maximum absolute atomic E-state index is 11.3. The van der Waals surface area contributed by atoms with E-state index in [1.165, 1.54) is 0 Å². The molecule has 0 aromatic heterocycles. The summed E-state index contributed by atoms with van der Waals surface area (Å²) in [6, 6.07) is 0. The molecule has 0 atom stereocenters. The third-order valence-corrected chi connectivity index (χ3v) is 2.09. The zero-order valence-corrected chi connectivity index (χ0v) is 5.03. The highest BCUT2D eigenvalue weighted by molar-refractivity contribution is 7.64. The number of alkyl halides is 1. The summed E-state index contributed by atoms with van der Waals surface area (Å²) in [5.74, 6) is 0. The van der Waals surface area contributed by atoms with Crippen LogP contribution in [0.5, 0.6) is 0 Å². The van der Waals surface area contributed by atoms with Gasteiger partial charge in [0.15, 0.2) is 0 Å². The van der Waals surface area contributed by atoms with Crippen LogP contribution in [-0.4, -0.2) is 22.4 Å². The Morgan fingerprint density at radius 3 is 2.00 bits per heavy atom. The minimum absolute atomic E-state index is 0.142. The predicted molar refractivity (Wildman–Crippen MR) is 27.9 cm³/mol. The van der Waals surface area contributed by atoms with Crippen LogP contribution < -0.4 is 0 Å². The van der Waals surface area contributed by atoms with Gasteiger partial charge < -0.3 is 0 Å². The third-order valence-electron chi connectivity index (χ3n) is 0.698. The van der Waals surface area contributed by atoms with Crippen molar-refractivity contribution in [3.05, 3.63) is 0 Å². The summed E-state index contributed by atoms with van der Waals surface area (Å²) in [5, 5.41) is 0. The van der Waals surface area contributed by atoms with E-state index in [1.807, 2.05) is 0 Å². The van der Waals surface area contributed by atoms with Crippen molar-refractivity contribution < 1.29 is 14.2 Å². The summed E-state index contributed by atoms with van der Waals surface area (Å²) in [5.41, 5.74) is 0. The van der Waals surface area contributed by atoms with E-state index in [0.29, 0.717) is 0 Å². The van der Waals surface area contributed by atoms with Gasteiger partial charge in [0.2, 0.25) is 6.42 Å². The van der Waals surface area contributed by atoms with E-state index in [0.717, 1.165) is 0 Å². The lowest BCUT2D eigenvalue weighted by Gasteiger charge is -2.01. The van der Waals surface area contributed by atoms with Crippen LogP contribution in [0.15, 0.2) is 0 Å². The molecule has 0 saturated heterocycles. The van der Waals surface area contributed by atoms with Crippen molar-refractivity contribution in [2.75, 3.05) is 12.6 Å². The van der Waals surface area contributed by atoms with Crippen LogP contribution in [0, 0.1) is 0 Å². The summed E-state index contributed by atoms with van der Waals surface area (Å²) in [6.45, 7) is 1.55. The normalized spacial score (nSPS) is 12.0. The maximum Gasteiger partial charge on any atom is 0.297 e. The first-order valence-corrected chi connectivity index (χ1v) is 4.07. The van der Waals surface area contributed by atoms with E-state index in [-0.39, 0.29) is 6.16 Å². The molecule has 0 aromatic rings. The van der Waals surface area contributed by atoms with Crippen molar-refractivity contribution in [1.82, 2.24) is 0 Å². The van der Waals surface area contributed by atoms with Crippen LogP contribution in [0.25, 0.3) is 0 Å². The van der Waals surface area contributed by atoms with Gasteiger partial charge in [-0.25, -0.2) is 14.2 Å². The molecule has 2 nitrogen and oxygen atoms in total.